The number of nitrogens with zero attached hydrogens (tertiary/aromatic N) is 2. The zero-order valence-electron chi connectivity index (χ0n) is 13.9. The summed E-state index contributed by atoms with van der Waals surface area (Å²) in [6.45, 7) is 0. The number of aromatic nitrogens is 2. The van der Waals surface area contributed by atoms with E-state index < -0.39 is 17.4 Å². The first-order valence-electron chi connectivity index (χ1n) is 8.37. The molecule has 0 spiro atoms. The van der Waals surface area contributed by atoms with Gasteiger partial charge in [0.25, 0.3) is 5.56 Å². The Balaban J connectivity index is 1.74. The SMILES string of the molecule is O=C1Nc2ccccc2CC[C@H]1n1nc(-c2ccccc2F)ccc1=O. The van der Waals surface area contributed by atoms with Crippen molar-refractivity contribution >= 4 is 11.6 Å². The number of carbonyl (C=O) groups is 1. The third-order valence-corrected chi connectivity index (χ3v) is 4.54. The van der Waals surface area contributed by atoms with Gasteiger partial charge in [0.2, 0.25) is 5.91 Å². The van der Waals surface area contributed by atoms with Gasteiger partial charge in [0.15, 0.2) is 0 Å². The number of para-hydroxylation sites is 1. The summed E-state index contributed by atoms with van der Waals surface area (Å²) in [6.07, 6.45) is 1.08. The van der Waals surface area contributed by atoms with E-state index in [2.05, 4.69) is 10.4 Å². The molecule has 0 bridgehead atoms. The Kier molecular flexibility index (Phi) is 4.08. The number of fused-ring (bicyclic) bond motifs is 1. The lowest BCUT2D eigenvalue weighted by Gasteiger charge is -2.16. The maximum atomic E-state index is 14.1. The van der Waals surface area contributed by atoms with Crippen LogP contribution in [-0.4, -0.2) is 15.7 Å². The molecule has 0 aliphatic carbocycles. The van der Waals surface area contributed by atoms with Crippen molar-refractivity contribution in [3.05, 3.63) is 82.4 Å². The summed E-state index contributed by atoms with van der Waals surface area (Å²) in [4.78, 5) is 25.0. The standard InChI is InChI=1S/C20H16FN3O2/c21-15-7-3-2-6-14(15)17-10-12-19(25)24(23-17)18-11-9-13-5-1-4-8-16(13)22-20(18)26/h1-8,10,12,18H,9,11H2,(H,22,26)/t18-/m1/s1. The van der Waals surface area contributed by atoms with E-state index in [4.69, 9.17) is 0 Å². The summed E-state index contributed by atoms with van der Waals surface area (Å²) in [5.74, 6) is -0.724. The lowest BCUT2D eigenvalue weighted by molar-refractivity contribution is -0.119. The Hall–Kier alpha value is -3.28. The highest BCUT2D eigenvalue weighted by Crippen LogP contribution is 2.26. The van der Waals surface area contributed by atoms with E-state index in [0.717, 1.165) is 15.9 Å². The molecular formula is C20H16FN3O2. The molecule has 1 aromatic heterocycles. The van der Waals surface area contributed by atoms with E-state index in [0.29, 0.717) is 24.1 Å². The first-order valence-corrected chi connectivity index (χ1v) is 8.37. The van der Waals surface area contributed by atoms with Gasteiger partial charge >= 0.3 is 0 Å². The van der Waals surface area contributed by atoms with Crippen LogP contribution in [-0.2, 0) is 11.2 Å². The van der Waals surface area contributed by atoms with Crippen LogP contribution in [0.25, 0.3) is 11.3 Å². The summed E-state index contributed by atoms with van der Waals surface area (Å²) < 4.78 is 15.2. The van der Waals surface area contributed by atoms with Gasteiger partial charge in [-0.25, -0.2) is 9.07 Å². The molecule has 3 aromatic rings. The minimum atomic E-state index is -0.748. The predicted molar refractivity (Wildman–Crippen MR) is 96.3 cm³/mol. The van der Waals surface area contributed by atoms with E-state index in [-0.39, 0.29) is 5.91 Å². The largest absolute Gasteiger partial charge is 0.324 e. The highest BCUT2D eigenvalue weighted by molar-refractivity contribution is 5.95. The fourth-order valence-electron chi connectivity index (χ4n) is 3.19. The molecule has 1 atom stereocenters. The lowest BCUT2D eigenvalue weighted by atomic mass is 10.1. The second-order valence-corrected chi connectivity index (χ2v) is 6.18. The normalized spacial score (nSPS) is 16.5. The van der Waals surface area contributed by atoms with Crippen molar-refractivity contribution in [1.82, 2.24) is 9.78 Å². The monoisotopic (exact) mass is 349 g/mol. The first-order chi connectivity index (χ1) is 12.6. The van der Waals surface area contributed by atoms with Crippen LogP contribution in [0.2, 0.25) is 0 Å². The van der Waals surface area contributed by atoms with Gasteiger partial charge in [-0.2, -0.15) is 5.10 Å². The molecule has 0 saturated heterocycles. The number of hydrogen-bond acceptors (Lipinski definition) is 3. The Morgan fingerprint density at radius 3 is 2.62 bits per heavy atom. The number of benzene rings is 2. The predicted octanol–water partition coefficient (Wildman–Crippen LogP) is 3.18. The van der Waals surface area contributed by atoms with Crippen LogP contribution in [0.5, 0.6) is 0 Å². The molecule has 0 radical (unpaired) electrons. The van der Waals surface area contributed by atoms with Crippen molar-refractivity contribution in [3.8, 4) is 11.3 Å². The van der Waals surface area contributed by atoms with Gasteiger partial charge in [-0.05, 0) is 42.7 Å². The van der Waals surface area contributed by atoms with Crippen LogP contribution >= 0.6 is 0 Å². The smallest absolute Gasteiger partial charge is 0.267 e. The number of rotatable bonds is 2. The van der Waals surface area contributed by atoms with Crippen LogP contribution in [0.1, 0.15) is 18.0 Å². The van der Waals surface area contributed by atoms with Crippen LogP contribution in [0.4, 0.5) is 10.1 Å². The van der Waals surface area contributed by atoms with Gasteiger partial charge < -0.3 is 5.32 Å². The quantitative estimate of drug-likeness (QED) is 0.773. The maximum absolute atomic E-state index is 14.1. The number of carbonyl (C=O) groups excluding carboxylic acids is 1. The van der Waals surface area contributed by atoms with Crippen molar-refractivity contribution in [3.63, 3.8) is 0 Å². The van der Waals surface area contributed by atoms with E-state index in [9.17, 15) is 14.0 Å². The van der Waals surface area contributed by atoms with Crippen LogP contribution in [0.3, 0.4) is 0 Å². The number of anilines is 1. The molecule has 1 aliphatic heterocycles. The molecular weight excluding hydrogens is 333 g/mol. The number of amides is 1. The van der Waals surface area contributed by atoms with Crippen molar-refractivity contribution in [2.24, 2.45) is 0 Å². The van der Waals surface area contributed by atoms with E-state index in [1.807, 2.05) is 24.3 Å². The summed E-state index contributed by atoms with van der Waals surface area (Å²) >= 11 is 0. The topological polar surface area (TPSA) is 64.0 Å². The van der Waals surface area contributed by atoms with E-state index >= 15 is 0 Å². The summed E-state index contributed by atoms with van der Waals surface area (Å²) in [6, 6.07) is 15.8. The molecule has 1 N–H and O–H groups in total. The molecule has 0 unspecified atom stereocenters. The summed E-state index contributed by atoms with van der Waals surface area (Å²) in [7, 11) is 0. The molecule has 26 heavy (non-hydrogen) atoms. The zero-order chi connectivity index (χ0) is 18.1. The zero-order valence-corrected chi connectivity index (χ0v) is 13.9. The van der Waals surface area contributed by atoms with Crippen molar-refractivity contribution < 1.29 is 9.18 Å². The second-order valence-electron chi connectivity index (χ2n) is 6.18. The van der Waals surface area contributed by atoms with Crippen LogP contribution < -0.4 is 10.9 Å². The number of halogens is 1. The number of nitrogens with one attached hydrogen (secondary N) is 1. The first kappa shape index (κ1) is 16.2. The molecule has 2 aromatic carbocycles. The van der Waals surface area contributed by atoms with Gasteiger partial charge in [0.1, 0.15) is 11.9 Å². The molecule has 1 amide bonds. The Morgan fingerprint density at radius 2 is 1.77 bits per heavy atom. The molecule has 6 heteroatoms. The molecule has 1 aliphatic rings. The van der Waals surface area contributed by atoms with E-state index in [1.165, 1.54) is 18.2 Å². The summed E-state index contributed by atoms with van der Waals surface area (Å²) in [5.41, 5.74) is 1.98. The average molecular weight is 349 g/mol. The van der Waals surface area contributed by atoms with Gasteiger partial charge in [0, 0.05) is 17.3 Å². The van der Waals surface area contributed by atoms with E-state index in [1.54, 1.807) is 18.2 Å². The highest BCUT2D eigenvalue weighted by atomic mass is 19.1. The Morgan fingerprint density at radius 1 is 1.00 bits per heavy atom. The third-order valence-electron chi connectivity index (χ3n) is 4.54. The molecule has 4 rings (SSSR count). The summed E-state index contributed by atoms with van der Waals surface area (Å²) in [5, 5.41) is 7.14. The highest BCUT2D eigenvalue weighted by Gasteiger charge is 2.27. The fraction of sp³-hybridized carbons (Fsp3) is 0.150. The van der Waals surface area contributed by atoms with Gasteiger partial charge in [0.05, 0.1) is 5.69 Å². The van der Waals surface area contributed by atoms with Crippen molar-refractivity contribution in [2.75, 3.05) is 5.32 Å². The number of hydrogen-bond donors (Lipinski definition) is 1. The molecule has 5 nitrogen and oxygen atoms in total. The molecule has 130 valence electrons. The lowest BCUT2D eigenvalue weighted by Crippen LogP contribution is -2.34. The Labute approximate surface area is 149 Å². The van der Waals surface area contributed by atoms with Crippen LogP contribution in [0.15, 0.2) is 65.5 Å². The molecule has 0 saturated carbocycles. The van der Waals surface area contributed by atoms with Crippen LogP contribution in [0, 0.1) is 5.82 Å². The molecule has 2 heterocycles. The Bertz CT molecular complexity index is 1040. The minimum absolute atomic E-state index is 0.290. The van der Waals surface area contributed by atoms with Gasteiger partial charge in [-0.15, -0.1) is 0 Å². The molecule has 0 fully saturated rings. The minimum Gasteiger partial charge on any atom is -0.324 e. The average Bonchev–Trinajstić information content (AvgIpc) is 2.81. The maximum Gasteiger partial charge on any atom is 0.267 e. The van der Waals surface area contributed by atoms with Gasteiger partial charge in [-0.3, -0.25) is 9.59 Å². The van der Waals surface area contributed by atoms with Crippen molar-refractivity contribution in [1.29, 1.82) is 0 Å². The van der Waals surface area contributed by atoms with Crippen molar-refractivity contribution in [2.45, 2.75) is 18.9 Å². The second kappa shape index (κ2) is 6.55. The number of aryl methyl sites for hydroxylation is 1. The fourth-order valence-corrected chi connectivity index (χ4v) is 3.19. The van der Waals surface area contributed by atoms with Gasteiger partial charge in [-0.1, -0.05) is 30.3 Å². The third kappa shape index (κ3) is 2.90.